The van der Waals surface area contributed by atoms with Gasteiger partial charge in [0.1, 0.15) is 5.75 Å². The zero-order chi connectivity index (χ0) is 19.4. The van der Waals surface area contributed by atoms with E-state index in [9.17, 15) is 0 Å². The minimum absolute atomic E-state index is 0.431. The topological polar surface area (TPSA) is 55.7 Å². The normalized spacial score (nSPS) is 22.2. The van der Waals surface area contributed by atoms with Crippen molar-refractivity contribution in [3.8, 4) is 5.75 Å². The van der Waals surface area contributed by atoms with Gasteiger partial charge in [-0.2, -0.15) is 5.10 Å². The van der Waals surface area contributed by atoms with Gasteiger partial charge in [0.25, 0.3) is 0 Å². The smallest absolute Gasteiger partial charge is 0.213 e. The van der Waals surface area contributed by atoms with Crippen molar-refractivity contribution >= 4 is 12.6 Å². The summed E-state index contributed by atoms with van der Waals surface area (Å²) in [5.74, 6) is 1.16. The number of ether oxygens (including phenoxy) is 3. The van der Waals surface area contributed by atoms with Gasteiger partial charge in [-0.15, -0.1) is 5.10 Å². The fourth-order valence-electron chi connectivity index (χ4n) is 4.32. The molecule has 4 rings (SSSR count). The zero-order valence-electron chi connectivity index (χ0n) is 16.9. The van der Waals surface area contributed by atoms with Crippen molar-refractivity contribution in [2.75, 3.05) is 19.7 Å². The molecule has 2 fully saturated rings. The van der Waals surface area contributed by atoms with Crippen molar-refractivity contribution in [2.24, 2.45) is 10.2 Å². The van der Waals surface area contributed by atoms with E-state index in [2.05, 4.69) is 40.0 Å². The third-order valence-corrected chi connectivity index (χ3v) is 6.18. The summed E-state index contributed by atoms with van der Waals surface area (Å²) in [4.78, 5) is 2.62. The molecule has 1 spiro atoms. The van der Waals surface area contributed by atoms with Crippen LogP contribution in [-0.4, -0.2) is 49.0 Å². The summed E-state index contributed by atoms with van der Waals surface area (Å²) in [5, 5.41) is 7.54. The van der Waals surface area contributed by atoms with Crippen LogP contribution in [0.4, 0.5) is 0 Å². The van der Waals surface area contributed by atoms with Crippen LogP contribution in [0.1, 0.15) is 56.6 Å². The molecule has 0 amide bonds. The third-order valence-electron chi connectivity index (χ3n) is 6.18. The molecule has 1 aromatic rings. The Labute approximate surface area is 167 Å². The maximum absolute atomic E-state index is 6.38. The largest absolute Gasteiger partial charge is 0.480 e. The third kappa shape index (κ3) is 4.23. The standard InChI is InChI=1S/C22H31N3O3/c1-3-26-21(24-23-2)10-8-17-7-9-20-18(15-17)16-27-22(28-20)11-13-25(14-12-22)19-5-4-6-19/h7,9,15,19H,2-6,8,10-14,16H2,1H3/b24-21-. The molecule has 1 aliphatic carbocycles. The van der Waals surface area contributed by atoms with Crippen LogP contribution >= 0.6 is 0 Å². The molecule has 2 aliphatic heterocycles. The van der Waals surface area contributed by atoms with Crippen LogP contribution in [0.15, 0.2) is 28.4 Å². The Morgan fingerprint density at radius 1 is 1.32 bits per heavy atom. The average molecular weight is 386 g/mol. The summed E-state index contributed by atoms with van der Waals surface area (Å²) in [7, 11) is 0. The molecule has 6 nitrogen and oxygen atoms in total. The number of piperidine rings is 1. The lowest BCUT2D eigenvalue weighted by Gasteiger charge is -2.47. The van der Waals surface area contributed by atoms with Gasteiger partial charge in [-0.05, 0) is 43.9 Å². The van der Waals surface area contributed by atoms with Crippen LogP contribution in [0.2, 0.25) is 0 Å². The first-order valence-corrected chi connectivity index (χ1v) is 10.6. The Hall–Kier alpha value is -1.92. The first kappa shape index (κ1) is 19.4. The van der Waals surface area contributed by atoms with Crippen LogP contribution in [0, 0.1) is 0 Å². The lowest BCUT2D eigenvalue weighted by atomic mass is 9.89. The Kier molecular flexibility index (Phi) is 5.97. The van der Waals surface area contributed by atoms with Crippen molar-refractivity contribution in [3.05, 3.63) is 29.3 Å². The van der Waals surface area contributed by atoms with E-state index in [1.165, 1.54) is 24.8 Å². The molecule has 0 unspecified atom stereocenters. The fraction of sp³-hybridized carbons (Fsp3) is 0.636. The summed E-state index contributed by atoms with van der Waals surface area (Å²) in [5.41, 5.74) is 2.35. The van der Waals surface area contributed by atoms with Crippen molar-refractivity contribution in [1.82, 2.24) is 4.90 Å². The molecule has 152 valence electrons. The summed E-state index contributed by atoms with van der Waals surface area (Å²) >= 11 is 0. The van der Waals surface area contributed by atoms with E-state index >= 15 is 0 Å². The molecule has 0 atom stereocenters. The second-order valence-electron chi connectivity index (χ2n) is 7.93. The van der Waals surface area contributed by atoms with Gasteiger partial charge in [-0.1, -0.05) is 12.5 Å². The number of fused-ring (bicyclic) bond motifs is 1. The maximum atomic E-state index is 6.38. The van der Waals surface area contributed by atoms with E-state index in [-0.39, 0.29) is 0 Å². The van der Waals surface area contributed by atoms with Crippen LogP contribution in [0.25, 0.3) is 0 Å². The van der Waals surface area contributed by atoms with Crippen LogP contribution in [0.5, 0.6) is 5.75 Å². The Morgan fingerprint density at radius 3 is 2.82 bits per heavy atom. The quantitative estimate of drug-likeness (QED) is 0.423. The lowest BCUT2D eigenvalue weighted by Crippen LogP contribution is -2.54. The highest BCUT2D eigenvalue weighted by molar-refractivity contribution is 5.76. The van der Waals surface area contributed by atoms with Crippen molar-refractivity contribution in [2.45, 2.75) is 70.3 Å². The minimum Gasteiger partial charge on any atom is -0.480 e. The van der Waals surface area contributed by atoms with Crippen LogP contribution in [-0.2, 0) is 22.5 Å². The van der Waals surface area contributed by atoms with E-state index in [0.717, 1.165) is 49.7 Å². The molecule has 1 saturated heterocycles. The SMILES string of the molecule is C=N/N=C(/CCc1ccc2c(c1)COC1(CCN(C3CCC3)CC1)O2)OCC. The second-order valence-corrected chi connectivity index (χ2v) is 7.93. The molecule has 6 heteroatoms. The highest BCUT2D eigenvalue weighted by atomic mass is 16.7. The molecular weight excluding hydrogens is 354 g/mol. The van der Waals surface area contributed by atoms with Crippen molar-refractivity contribution in [3.63, 3.8) is 0 Å². The molecule has 2 heterocycles. The molecule has 0 aromatic heterocycles. The number of rotatable bonds is 6. The van der Waals surface area contributed by atoms with E-state index in [1.807, 2.05) is 6.92 Å². The lowest BCUT2D eigenvalue weighted by molar-refractivity contribution is -0.231. The summed E-state index contributed by atoms with van der Waals surface area (Å²) in [6, 6.07) is 7.21. The number of likely N-dealkylation sites (tertiary alicyclic amines) is 1. The van der Waals surface area contributed by atoms with Gasteiger partial charge in [0, 0.05) is 50.7 Å². The molecule has 3 aliphatic rings. The number of hydrogen-bond donors (Lipinski definition) is 0. The molecule has 0 radical (unpaired) electrons. The number of hydrogen-bond acceptors (Lipinski definition) is 6. The first-order valence-electron chi connectivity index (χ1n) is 10.6. The average Bonchev–Trinajstić information content (AvgIpc) is 2.67. The fourth-order valence-corrected chi connectivity index (χ4v) is 4.32. The molecule has 0 N–H and O–H groups in total. The number of benzene rings is 1. The van der Waals surface area contributed by atoms with Gasteiger partial charge < -0.3 is 14.2 Å². The maximum Gasteiger partial charge on any atom is 0.213 e. The minimum atomic E-state index is -0.431. The number of aryl methyl sites for hydroxylation is 1. The van der Waals surface area contributed by atoms with Gasteiger partial charge in [0.05, 0.1) is 13.2 Å². The van der Waals surface area contributed by atoms with E-state index in [4.69, 9.17) is 14.2 Å². The molecule has 28 heavy (non-hydrogen) atoms. The second kappa shape index (κ2) is 8.62. The van der Waals surface area contributed by atoms with Gasteiger partial charge in [-0.25, -0.2) is 0 Å². The molecule has 0 bridgehead atoms. The molecule has 1 saturated carbocycles. The summed E-state index contributed by atoms with van der Waals surface area (Å²) in [6.45, 7) is 8.71. The predicted molar refractivity (Wildman–Crippen MR) is 110 cm³/mol. The van der Waals surface area contributed by atoms with Crippen LogP contribution in [0.3, 0.4) is 0 Å². The summed E-state index contributed by atoms with van der Waals surface area (Å²) < 4.78 is 18.1. The Morgan fingerprint density at radius 2 is 2.14 bits per heavy atom. The van der Waals surface area contributed by atoms with Gasteiger partial charge in [0.2, 0.25) is 11.7 Å². The summed E-state index contributed by atoms with van der Waals surface area (Å²) in [6.07, 6.45) is 7.55. The van der Waals surface area contributed by atoms with E-state index in [0.29, 0.717) is 25.5 Å². The van der Waals surface area contributed by atoms with E-state index < -0.39 is 5.79 Å². The van der Waals surface area contributed by atoms with Crippen LogP contribution < -0.4 is 4.74 Å². The van der Waals surface area contributed by atoms with Gasteiger partial charge in [0.15, 0.2) is 0 Å². The highest BCUT2D eigenvalue weighted by Gasteiger charge is 2.42. The Balaban J connectivity index is 1.35. The molecule has 1 aromatic carbocycles. The van der Waals surface area contributed by atoms with Crippen molar-refractivity contribution in [1.29, 1.82) is 0 Å². The van der Waals surface area contributed by atoms with Gasteiger partial charge in [-0.3, -0.25) is 4.90 Å². The molecular formula is C22H31N3O3. The Bertz CT molecular complexity index is 722. The van der Waals surface area contributed by atoms with Gasteiger partial charge >= 0.3 is 0 Å². The van der Waals surface area contributed by atoms with E-state index in [1.54, 1.807) is 0 Å². The van der Waals surface area contributed by atoms with Crippen molar-refractivity contribution < 1.29 is 14.2 Å². The monoisotopic (exact) mass is 385 g/mol. The number of nitrogens with zero attached hydrogens (tertiary/aromatic N) is 3. The zero-order valence-corrected chi connectivity index (χ0v) is 16.9. The highest BCUT2D eigenvalue weighted by Crippen LogP contribution is 2.39. The predicted octanol–water partition coefficient (Wildman–Crippen LogP) is 3.92. The first-order chi connectivity index (χ1) is 13.7.